The number of fused-ring (bicyclic) bond motifs is 1. The van der Waals surface area contributed by atoms with E-state index in [1.165, 1.54) is 0 Å². The lowest BCUT2D eigenvalue weighted by molar-refractivity contribution is 0.824. The second-order valence-corrected chi connectivity index (χ2v) is 5.52. The van der Waals surface area contributed by atoms with Crippen LogP contribution in [0.5, 0.6) is 0 Å². The Morgan fingerprint density at radius 3 is 2.61 bits per heavy atom. The molecule has 2 aromatic carbocycles. The number of nitrogens with one attached hydrogen (secondary N) is 2. The summed E-state index contributed by atoms with van der Waals surface area (Å²) in [5, 5.41) is 8.82. The smallest absolute Gasteiger partial charge is 0.233 e. The molecule has 6 heteroatoms. The van der Waals surface area contributed by atoms with E-state index in [9.17, 15) is 0 Å². The van der Waals surface area contributed by atoms with E-state index in [1.807, 2.05) is 24.3 Å². The van der Waals surface area contributed by atoms with Crippen LogP contribution in [0.25, 0.3) is 10.8 Å². The molecule has 1 aromatic heterocycles. The summed E-state index contributed by atoms with van der Waals surface area (Å²) in [5.41, 5.74) is 0.935. The van der Waals surface area contributed by atoms with Gasteiger partial charge in [-0.15, -0.1) is 0 Å². The zero-order valence-electron chi connectivity index (χ0n) is 12.9. The molecule has 2 N–H and O–H groups in total. The standard InChI is InChI=1S/C17H18ClN5/c1-2-3-11-19-16-21-15(18)22-17(23-16)20-14-10-6-8-12-7-4-5-9-13(12)14/h4-10H,2-3,11H2,1H3,(H2,19,20,21,22,23). The van der Waals surface area contributed by atoms with Crippen molar-refractivity contribution in [2.75, 3.05) is 17.2 Å². The van der Waals surface area contributed by atoms with Crippen molar-refractivity contribution in [1.82, 2.24) is 15.0 Å². The van der Waals surface area contributed by atoms with E-state index in [4.69, 9.17) is 11.6 Å². The highest BCUT2D eigenvalue weighted by molar-refractivity contribution is 6.28. The van der Waals surface area contributed by atoms with Gasteiger partial charge in [0.05, 0.1) is 0 Å². The van der Waals surface area contributed by atoms with Crippen molar-refractivity contribution >= 4 is 40.0 Å². The van der Waals surface area contributed by atoms with Crippen molar-refractivity contribution in [2.24, 2.45) is 0 Å². The van der Waals surface area contributed by atoms with Crippen LogP contribution in [0.2, 0.25) is 5.28 Å². The number of unbranched alkanes of at least 4 members (excludes halogenated alkanes) is 1. The van der Waals surface area contributed by atoms with Crippen molar-refractivity contribution in [3.63, 3.8) is 0 Å². The van der Waals surface area contributed by atoms with Crippen molar-refractivity contribution < 1.29 is 0 Å². The molecule has 0 unspecified atom stereocenters. The molecule has 0 saturated carbocycles. The van der Waals surface area contributed by atoms with Gasteiger partial charge in [0, 0.05) is 17.6 Å². The number of hydrogen-bond acceptors (Lipinski definition) is 5. The molecule has 0 saturated heterocycles. The van der Waals surface area contributed by atoms with Crippen molar-refractivity contribution in [3.05, 3.63) is 47.7 Å². The average molecular weight is 328 g/mol. The fraction of sp³-hybridized carbons (Fsp3) is 0.235. The second kappa shape index (κ2) is 7.24. The third-order valence-corrected chi connectivity index (χ3v) is 3.63. The highest BCUT2D eigenvalue weighted by Crippen LogP contribution is 2.25. The first-order chi connectivity index (χ1) is 11.3. The van der Waals surface area contributed by atoms with E-state index in [2.05, 4.69) is 50.7 Å². The second-order valence-electron chi connectivity index (χ2n) is 5.18. The number of halogens is 1. The first kappa shape index (κ1) is 15.5. The fourth-order valence-corrected chi connectivity index (χ4v) is 2.48. The largest absolute Gasteiger partial charge is 0.354 e. The molecule has 0 aliphatic heterocycles. The van der Waals surface area contributed by atoms with Gasteiger partial charge in [0.25, 0.3) is 0 Å². The first-order valence-corrected chi connectivity index (χ1v) is 8.04. The lowest BCUT2D eigenvalue weighted by Gasteiger charge is -2.10. The predicted molar refractivity (Wildman–Crippen MR) is 95.5 cm³/mol. The zero-order valence-corrected chi connectivity index (χ0v) is 13.6. The Kier molecular flexibility index (Phi) is 4.88. The minimum atomic E-state index is 0.168. The Bertz CT molecular complexity index is 801. The van der Waals surface area contributed by atoms with Crippen molar-refractivity contribution in [1.29, 1.82) is 0 Å². The third-order valence-electron chi connectivity index (χ3n) is 3.46. The van der Waals surface area contributed by atoms with Crippen LogP contribution in [0.15, 0.2) is 42.5 Å². The molecule has 3 aromatic rings. The summed E-state index contributed by atoms with van der Waals surface area (Å²) in [6.07, 6.45) is 2.16. The number of nitrogens with zero attached hydrogens (tertiary/aromatic N) is 3. The molecule has 23 heavy (non-hydrogen) atoms. The summed E-state index contributed by atoms with van der Waals surface area (Å²) in [6, 6.07) is 14.2. The average Bonchev–Trinajstić information content (AvgIpc) is 2.55. The van der Waals surface area contributed by atoms with Crippen LogP contribution >= 0.6 is 11.6 Å². The number of aromatic nitrogens is 3. The highest BCUT2D eigenvalue weighted by Gasteiger charge is 2.07. The van der Waals surface area contributed by atoms with Crippen LogP contribution in [0, 0.1) is 0 Å². The lowest BCUT2D eigenvalue weighted by atomic mass is 10.1. The van der Waals surface area contributed by atoms with E-state index >= 15 is 0 Å². The maximum atomic E-state index is 6.01. The van der Waals surface area contributed by atoms with Gasteiger partial charge in [0.15, 0.2) is 0 Å². The summed E-state index contributed by atoms with van der Waals surface area (Å²) in [7, 11) is 0. The molecule has 0 spiro atoms. The van der Waals surface area contributed by atoms with Gasteiger partial charge in [-0.3, -0.25) is 0 Å². The normalized spacial score (nSPS) is 10.7. The predicted octanol–water partition coefficient (Wildman–Crippen LogP) is 4.63. The molecule has 3 rings (SSSR count). The molecule has 0 fully saturated rings. The minimum absolute atomic E-state index is 0.168. The van der Waals surface area contributed by atoms with Gasteiger partial charge < -0.3 is 10.6 Å². The SMILES string of the molecule is CCCCNc1nc(Cl)nc(Nc2cccc3ccccc23)n1. The van der Waals surface area contributed by atoms with Crippen molar-refractivity contribution in [3.8, 4) is 0 Å². The number of rotatable bonds is 6. The third kappa shape index (κ3) is 3.87. The molecule has 0 radical (unpaired) electrons. The van der Waals surface area contributed by atoms with E-state index in [0.717, 1.165) is 35.8 Å². The first-order valence-electron chi connectivity index (χ1n) is 7.66. The van der Waals surface area contributed by atoms with Gasteiger partial charge in [0.2, 0.25) is 17.2 Å². The van der Waals surface area contributed by atoms with E-state index in [0.29, 0.717) is 11.9 Å². The number of benzene rings is 2. The molecule has 118 valence electrons. The summed E-state index contributed by atoms with van der Waals surface area (Å²) >= 11 is 6.01. The van der Waals surface area contributed by atoms with Crippen LogP contribution in [0.4, 0.5) is 17.6 Å². The van der Waals surface area contributed by atoms with Gasteiger partial charge in [-0.05, 0) is 29.5 Å². The molecule has 0 aliphatic rings. The van der Waals surface area contributed by atoms with E-state index in [1.54, 1.807) is 0 Å². The van der Waals surface area contributed by atoms with Crippen LogP contribution in [0.1, 0.15) is 19.8 Å². The molecule has 0 amide bonds. The summed E-state index contributed by atoms with van der Waals surface area (Å²) in [6.45, 7) is 2.94. The van der Waals surface area contributed by atoms with Gasteiger partial charge in [-0.1, -0.05) is 49.7 Å². The van der Waals surface area contributed by atoms with Crippen LogP contribution in [0.3, 0.4) is 0 Å². The van der Waals surface area contributed by atoms with Gasteiger partial charge in [-0.2, -0.15) is 15.0 Å². The Labute approximate surface area is 140 Å². The lowest BCUT2D eigenvalue weighted by Crippen LogP contribution is -2.08. The molecule has 5 nitrogen and oxygen atoms in total. The van der Waals surface area contributed by atoms with Crippen LogP contribution in [-0.2, 0) is 0 Å². The Morgan fingerprint density at radius 1 is 0.957 bits per heavy atom. The maximum absolute atomic E-state index is 6.01. The van der Waals surface area contributed by atoms with Gasteiger partial charge >= 0.3 is 0 Å². The van der Waals surface area contributed by atoms with Crippen molar-refractivity contribution in [2.45, 2.75) is 19.8 Å². The summed E-state index contributed by atoms with van der Waals surface area (Å²) in [4.78, 5) is 12.6. The molecule has 1 heterocycles. The Balaban J connectivity index is 1.86. The van der Waals surface area contributed by atoms with Gasteiger partial charge in [-0.25, -0.2) is 0 Å². The van der Waals surface area contributed by atoms with E-state index in [-0.39, 0.29) is 5.28 Å². The zero-order chi connectivity index (χ0) is 16.1. The molecule has 0 aliphatic carbocycles. The quantitative estimate of drug-likeness (QED) is 0.646. The van der Waals surface area contributed by atoms with E-state index < -0.39 is 0 Å². The fourth-order valence-electron chi connectivity index (χ4n) is 2.32. The number of anilines is 3. The minimum Gasteiger partial charge on any atom is -0.354 e. The topological polar surface area (TPSA) is 62.7 Å². The number of hydrogen-bond donors (Lipinski definition) is 2. The monoisotopic (exact) mass is 327 g/mol. The summed E-state index contributed by atoms with van der Waals surface area (Å²) < 4.78 is 0. The maximum Gasteiger partial charge on any atom is 0.233 e. The Hall–Kier alpha value is -2.40. The Morgan fingerprint density at radius 2 is 1.74 bits per heavy atom. The summed E-state index contributed by atoms with van der Waals surface area (Å²) in [5.74, 6) is 0.918. The highest BCUT2D eigenvalue weighted by atomic mass is 35.5. The van der Waals surface area contributed by atoms with Crippen LogP contribution < -0.4 is 10.6 Å². The molecular formula is C17H18ClN5. The molecule has 0 bridgehead atoms. The molecular weight excluding hydrogens is 310 g/mol. The van der Waals surface area contributed by atoms with Crippen LogP contribution in [-0.4, -0.2) is 21.5 Å². The van der Waals surface area contributed by atoms with Gasteiger partial charge in [0.1, 0.15) is 0 Å². The molecule has 0 atom stereocenters.